The van der Waals surface area contributed by atoms with Gasteiger partial charge in [-0.2, -0.15) is 0 Å². The SMILES string of the molecule is CC(C)CCC[C@@H](C)[C@H]1CC[C@H]2[C@@H]3CC(=O)[C@H]4C[C@@H](O)C(c5ccccn5)(c5ccccn5)C[C@]4(C)[C@H]3CC[C@]12C. The Kier molecular flexibility index (Phi) is 7.71. The Hall–Kier alpha value is -2.07. The maximum atomic E-state index is 14.1. The fourth-order valence-corrected chi connectivity index (χ4v) is 11.1. The van der Waals surface area contributed by atoms with Gasteiger partial charge in [-0.25, -0.2) is 0 Å². The summed E-state index contributed by atoms with van der Waals surface area (Å²) >= 11 is 0. The molecule has 4 aliphatic rings. The molecule has 0 unspecified atom stereocenters. The molecular formula is C37H52N2O2. The first-order valence-corrected chi connectivity index (χ1v) is 16.6. The van der Waals surface area contributed by atoms with E-state index >= 15 is 0 Å². The van der Waals surface area contributed by atoms with Crippen LogP contribution in [0.5, 0.6) is 0 Å². The van der Waals surface area contributed by atoms with E-state index in [4.69, 9.17) is 9.97 Å². The zero-order chi connectivity index (χ0) is 29.0. The maximum Gasteiger partial charge on any atom is 0.136 e. The predicted molar refractivity (Wildman–Crippen MR) is 164 cm³/mol. The topological polar surface area (TPSA) is 63.1 Å². The highest BCUT2D eigenvalue weighted by Gasteiger charge is 2.66. The fourth-order valence-electron chi connectivity index (χ4n) is 11.1. The molecule has 2 heterocycles. The van der Waals surface area contributed by atoms with Crippen LogP contribution in [0.2, 0.25) is 0 Å². The van der Waals surface area contributed by atoms with Crippen LogP contribution in [-0.2, 0) is 10.2 Å². The van der Waals surface area contributed by atoms with Crippen molar-refractivity contribution in [3.05, 3.63) is 60.2 Å². The molecule has 4 heteroatoms. The second-order valence-electron chi connectivity index (χ2n) is 15.5. The van der Waals surface area contributed by atoms with E-state index in [1.807, 2.05) is 36.7 Å². The van der Waals surface area contributed by atoms with Crippen LogP contribution in [0.4, 0.5) is 0 Å². The van der Waals surface area contributed by atoms with Crippen molar-refractivity contribution in [1.29, 1.82) is 0 Å². The molecule has 41 heavy (non-hydrogen) atoms. The number of carbonyl (C=O) groups excluding carboxylic acids is 1. The minimum atomic E-state index is -0.709. The molecule has 9 atom stereocenters. The highest BCUT2D eigenvalue weighted by molar-refractivity contribution is 5.83. The van der Waals surface area contributed by atoms with Crippen LogP contribution in [0.1, 0.15) is 110 Å². The van der Waals surface area contributed by atoms with Crippen LogP contribution < -0.4 is 0 Å². The Morgan fingerprint density at radius 3 is 2.17 bits per heavy atom. The van der Waals surface area contributed by atoms with Gasteiger partial charge < -0.3 is 5.11 Å². The molecule has 2 aromatic rings. The summed E-state index contributed by atoms with van der Waals surface area (Å²) in [6.07, 6.45) is 14.0. The third-order valence-electron chi connectivity index (χ3n) is 13.0. The lowest BCUT2D eigenvalue weighted by atomic mass is 9.41. The molecule has 0 saturated heterocycles. The van der Waals surface area contributed by atoms with Crippen LogP contribution in [-0.4, -0.2) is 27.0 Å². The Balaban J connectivity index is 1.34. The van der Waals surface area contributed by atoms with Gasteiger partial charge in [0.15, 0.2) is 0 Å². The van der Waals surface area contributed by atoms with Gasteiger partial charge in [-0.05, 0) is 109 Å². The molecule has 1 N–H and O–H groups in total. The molecule has 222 valence electrons. The van der Waals surface area contributed by atoms with Crippen LogP contribution in [0.15, 0.2) is 48.8 Å². The average molecular weight is 557 g/mol. The lowest BCUT2D eigenvalue weighted by Crippen LogP contribution is -2.62. The van der Waals surface area contributed by atoms with Crippen LogP contribution in [0, 0.1) is 52.3 Å². The number of pyridine rings is 2. The maximum absolute atomic E-state index is 14.1. The number of nitrogens with zero attached hydrogens (tertiary/aromatic N) is 2. The summed E-state index contributed by atoms with van der Waals surface area (Å²) in [6, 6.07) is 12.1. The quantitative estimate of drug-likeness (QED) is 0.375. The summed E-state index contributed by atoms with van der Waals surface area (Å²) in [5, 5.41) is 12.0. The fraction of sp³-hybridized carbons (Fsp3) is 0.703. The molecule has 6 rings (SSSR count). The first-order valence-electron chi connectivity index (χ1n) is 16.6. The summed E-state index contributed by atoms with van der Waals surface area (Å²) in [5.41, 5.74) is 1.22. The van der Waals surface area contributed by atoms with Crippen molar-refractivity contribution < 1.29 is 9.90 Å². The highest BCUT2D eigenvalue weighted by Crippen LogP contribution is 2.69. The third kappa shape index (κ3) is 4.62. The number of hydrogen-bond donors (Lipinski definition) is 1. The van der Waals surface area contributed by atoms with Gasteiger partial charge in [-0.15, -0.1) is 0 Å². The molecule has 0 aliphatic heterocycles. The summed E-state index contributed by atoms with van der Waals surface area (Å²) in [4.78, 5) is 23.8. The lowest BCUT2D eigenvalue weighted by molar-refractivity contribution is -0.167. The minimum Gasteiger partial charge on any atom is -0.392 e. The second-order valence-corrected chi connectivity index (χ2v) is 15.5. The Morgan fingerprint density at radius 1 is 0.902 bits per heavy atom. The van der Waals surface area contributed by atoms with Crippen LogP contribution in [0.3, 0.4) is 0 Å². The first kappa shape index (κ1) is 29.0. The summed E-state index contributed by atoms with van der Waals surface area (Å²) in [5.74, 6) is 4.21. The number of aromatic nitrogens is 2. The van der Waals surface area contributed by atoms with Gasteiger partial charge in [0.05, 0.1) is 22.9 Å². The number of hydrogen-bond acceptors (Lipinski definition) is 4. The van der Waals surface area contributed by atoms with Crippen molar-refractivity contribution >= 4 is 5.78 Å². The summed E-state index contributed by atoms with van der Waals surface area (Å²) in [6.45, 7) is 12.2. The number of aliphatic hydroxyl groups is 1. The van der Waals surface area contributed by atoms with Gasteiger partial charge >= 0.3 is 0 Å². The molecule has 0 spiro atoms. The number of fused-ring (bicyclic) bond motifs is 5. The van der Waals surface area contributed by atoms with Gasteiger partial charge in [0.25, 0.3) is 0 Å². The highest BCUT2D eigenvalue weighted by atomic mass is 16.3. The second kappa shape index (κ2) is 10.9. The van der Waals surface area contributed by atoms with Gasteiger partial charge in [-0.1, -0.05) is 66.0 Å². The van der Waals surface area contributed by atoms with Crippen molar-refractivity contribution in [2.24, 2.45) is 52.3 Å². The molecule has 0 radical (unpaired) electrons. The molecule has 4 fully saturated rings. The van der Waals surface area contributed by atoms with E-state index < -0.39 is 11.5 Å². The van der Waals surface area contributed by atoms with Gasteiger partial charge in [0, 0.05) is 24.7 Å². The molecule has 4 nitrogen and oxygen atoms in total. The summed E-state index contributed by atoms with van der Waals surface area (Å²) in [7, 11) is 0. The van der Waals surface area contributed by atoms with Crippen LogP contribution in [0.25, 0.3) is 0 Å². The first-order chi connectivity index (χ1) is 19.6. The molecule has 0 aromatic carbocycles. The van der Waals surface area contributed by atoms with Crippen molar-refractivity contribution in [3.8, 4) is 0 Å². The zero-order valence-corrected chi connectivity index (χ0v) is 26.1. The van der Waals surface area contributed by atoms with E-state index in [-0.39, 0.29) is 11.3 Å². The summed E-state index contributed by atoms with van der Waals surface area (Å²) < 4.78 is 0. The average Bonchev–Trinajstić information content (AvgIpc) is 3.32. The smallest absolute Gasteiger partial charge is 0.136 e. The van der Waals surface area contributed by atoms with E-state index in [9.17, 15) is 9.90 Å². The van der Waals surface area contributed by atoms with Gasteiger partial charge in [0.1, 0.15) is 5.78 Å². The van der Waals surface area contributed by atoms with E-state index in [1.54, 1.807) is 0 Å². The lowest BCUT2D eigenvalue weighted by Gasteiger charge is -2.63. The molecular weight excluding hydrogens is 504 g/mol. The van der Waals surface area contributed by atoms with E-state index in [0.717, 1.165) is 35.6 Å². The number of carbonyl (C=O) groups is 1. The van der Waals surface area contributed by atoms with Gasteiger partial charge in [0.2, 0.25) is 0 Å². The minimum absolute atomic E-state index is 0.0872. The molecule has 4 aliphatic carbocycles. The standard InChI is InChI=1S/C37H52N2O2/c1-24(2)11-10-12-25(3)27-15-16-28-26-21-31(40)30-22-34(41)37(32-13-6-8-19-38-32,33-14-7-9-20-39-33)23-36(30,5)29(26)17-18-35(27,28)4/h6-9,13-14,19-20,24-30,34,41H,10-12,15-18,21-23H2,1-5H3/t25-,26+,27-,28+,29+,30-,34-,35-,36-/m1/s1. The normalized spacial score (nSPS) is 38.7. The Labute approximate surface area is 248 Å². The molecule has 0 amide bonds. The third-order valence-corrected chi connectivity index (χ3v) is 13.0. The monoisotopic (exact) mass is 556 g/mol. The van der Waals surface area contributed by atoms with Crippen molar-refractivity contribution in [2.45, 2.75) is 110 Å². The van der Waals surface area contributed by atoms with E-state index in [0.29, 0.717) is 41.8 Å². The van der Waals surface area contributed by atoms with Gasteiger partial charge in [-0.3, -0.25) is 14.8 Å². The van der Waals surface area contributed by atoms with E-state index in [1.165, 1.54) is 44.9 Å². The number of aliphatic hydroxyl groups excluding tert-OH is 1. The number of rotatable bonds is 7. The molecule has 0 bridgehead atoms. The Morgan fingerprint density at radius 2 is 1.56 bits per heavy atom. The van der Waals surface area contributed by atoms with E-state index in [2.05, 4.69) is 46.8 Å². The largest absolute Gasteiger partial charge is 0.392 e. The van der Waals surface area contributed by atoms with Crippen molar-refractivity contribution in [3.63, 3.8) is 0 Å². The Bertz CT molecular complexity index is 1170. The predicted octanol–water partition coefficient (Wildman–Crippen LogP) is 8.03. The molecule has 2 aromatic heterocycles. The van der Waals surface area contributed by atoms with Crippen LogP contribution >= 0.6 is 0 Å². The zero-order valence-electron chi connectivity index (χ0n) is 26.1. The van der Waals surface area contributed by atoms with Crippen molar-refractivity contribution in [1.82, 2.24) is 9.97 Å². The molecule has 4 saturated carbocycles. The van der Waals surface area contributed by atoms with Crippen molar-refractivity contribution in [2.75, 3.05) is 0 Å². The number of ketones is 1. The number of Topliss-reactive ketones (excluding diaryl/α,β-unsaturated/α-hetero) is 1.